The van der Waals surface area contributed by atoms with Crippen molar-refractivity contribution in [2.45, 2.75) is 64.9 Å². The minimum absolute atomic E-state index is 0.109. The standard InChI is InChI=1S/C33H37NO5/c1-21-6-3-9-28-27(21)8-5-11-30(28)39-26-18-16-25(17-19-26)38-24-14-12-23(13-15-24)20-31(35)34-29-10-4-7-22(2)32(29)33(36)37/h4,7,10,12-19,21,27-28,30H,3,5-6,8-9,11,20H2,1-2H3,(H,34,35)(H,36,37). The minimum atomic E-state index is -1.06. The molecule has 2 N–H and O–H groups in total. The van der Waals surface area contributed by atoms with Gasteiger partial charge in [-0.15, -0.1) is 0 Å². The molecule has 2 aliphatic carbocycles. The molecule has 3 aromatic rings. The lowest BCUT2D eigenvalue weighted by molar-refractivity contribution is -0.115. The van der Waals surface area contributed by atoms with Gasteiger partial charge >= 0.3 is 5.97 Å². The highest BCUT2D eigenvalue weighted by molar-refractivity contribution is 6.02. The molecule has 0 saturated heterocycles. The number of carbonyl (C=O) groups excluding carboxylic acids is 1. The fourth-order valence-corrected chi connectivity index (χ4v) is 6.41. The first-order valence-electron chi connectivity index (χ1n) is 14.0. The number of fused-ring (bicyclic) bond motifs is 1. The van der Waals surface area contributed by atoms with Crippen molar-refractivity contribution in [3.63, 3.8) is 0 Å². The smallest absolute Gasteiger partial charge is 0.338 e. The van der Waals surface area contributed by atoms with Gasteiger partial charge in [0.25, 0.3) is 0 Å². The number of carbonyl (C=O) groups is 2. The molecule has 0 aromatic heterocycles. The van der Waals surface area contributed by atoms with Crippen LogP contribution in [0.3, 0.4) is 0 Å². The molecule has 5 rings (SSSR count). The fourth-order valence-electron chi connectivity index (χ4n) is 6.41. The van der Waals surface area contributed by atoms with Crippen molar-refractivity contribution in [2.75, 3.05) is 5.32 Å². The molecule has 6 heteroatoms. The first-order valence-corrected chi connectivity index (χ1v) is 14.0. The number of benzene rings is 3. The van der Waals surface area contributed by atoms with Crippen LogP contribution in [0.1, 0.15) is 66.9 Å². The second kappa shape index (κ2) is 11.9. The summed E-state index contributed by atoms with van der Waals surface area (Å²) in [6, 6.07) is 20.2. The third-order valence-corrected chi connectivity index (χ3v) is 8.38. The third kappa shape index (κ3) is 6.44. The normalized spacial score (nSPS) is 22.4. The Morgan fingerprint density at radius 1 is 0.846 bits per heavy atom. The van der Waals surface area contributed by atoms with E-state index >= 15 is 0 Å². The number of aromatic carboxylic acids is 1. The lowest BCUT2D eigenvalue weighted by Gasteiger charge is -2.44. The second-order valence-electron chi connectivity index (χ2n) is 11.1. The molecule has 0 spiro atoms. The van der Waals surface area contributed by atoms with Crippen LogP contribution < -0.4 is 14.8 Å². The van der Waals surface area contributed by atoms with E-state index < -0.39 is 5.97 Å². The van der Waals surface area contributed by atoms with Gasteiger partial charge in [-0.2, -0.15) is 0 Å². The molecule has 0 radical (unpaired) electrons. The summed E-state index contributed by atoms with van der Waals surface area (Å²) in [5.41, 5.74) is 1.81. The monoisotopic (exact) mass is 527 g/mol. The largest absolute Gasteiger partial charge is 0.490 e. The van der Waals surface area contributed by atoms with Crippen molar-refractivity contribution in [1.82, 2.24) is 0 Å². The van der Waals surface area contributed by atoms with Crippen LogP contribution >= 0.6 is 0 Å². The van der Waals surface area contributed by atoms with Crippen LogP contribution in [-0.4, -0.2) is 23.1 Å². The number of nitrogens with one attached hydrogen (secondary N) is 1. The topological polar surface area (TPSA) is 84.9 Å². The number of rotatable bonds is 8. The molecule has 4 atom stereocenters. The van der Waals surface area contributed by atoms with Gasteiger partial charge in [0, 0.05) is 0 Å². The van der Waals surface area contributed by atoms with Crippen LogP contribution in [0, 0.1) is 24.7 Å². The van der Waals surface area contributed by atoms with Crippen LogP contribution in [0.2, 0.25) is 0 Å². The van der Waals surface area contributed by atoms with Crippen molar-refractivity contribution < 1.29 is 24.2 Å². The predicted octanol–water partition coefficient (Wildman–Crippen LogP) is 7.65. The summed E-state index contributed by atoms with van der Waals surface area (Å²) in [5, 5.41) is 12.2. The summed E-state index contributed by atoms with van der Waals surface area (Å²) in [6.45, 7) is 4.12. The maximum absolute atomic E-state index is 12.6. The summed E-state index contributed by atoms with van der Waals surface area (Å²) in [4.78, 5) is 24.1. The molecule has 2 fully saturated rings. The van der Waals surface area contributed by atoms with Crippen LogP contribution in [-0.2, 0) is 11.2 Å². The van der Waals surface area contributed by atoms with Crippen molar-refractivity contribution in [3.05, 3.63) is 83.4 Å². The molecule has 204 valence electrons. The van der Waals surface area contributed by atoms with Crippen LogP contribution in [0.25, 0.3) is 0 Å². The van der Waals surface area contributed by atoms with Crippen molar-refractivity contribution in [3.8, 4) is 17.2 Å². The highest BCUT2D eigenvalue weighted by Crippen LogP contribution is 2.45. The number of amides is 1. The van der Waals surface area contributed by atoms with E-state index in [1.807, 2.05) is 48.5 Å². The molecule has 4 unspecified atom stereocenters. The summed E-state index contributed by atoms with van der Waals surface area (Å²) in [7, 11) is 0. The van der Waals surface area contributed by atoms with E-state index in [4.69, 9.17) is 9.47 Å². The molecule has 3 aromatic carbocycles. The number of ether oxygens (including phenoxy) is 2. The molecular formula is C33H37NO5. The van der Waals surface area contributed by atoms with Gasteiger partial charge < -0.3 is 19.9 Å². The zero-order chi connectivity index (χ0) is 27.4. The zero-order valence-electron chi connectivity index (χ0n) is 22.7. The summed E-state index contributed by atoms with van der Waals surface area (Å²) < 4.78 is 12.5. The van der Waals surface area contributed by atoms with E-state index in [9.17, 15) is 14.7 Å². The van der Waals surface area contributed by atoms with E-state index in [2.05, 4.69) is 12.2 Å². The first kappa shape index (κ1) is 26.8. The minimum Gasteiger partial charge on any atom is -0.490 e. The molecule has 39 heavy (non-hydrogen) atoms. The molecular weight excluding hydrogens is 490 g/mol. The average molecular weight is 528 g/mol. The van der Waals surface area contributed by atoms with Gasteiger partial charge in [0.05, 0.1) is 17.7 Å². The highest BCUT2D eigenvalue weighted by Gasteiger charge is 2.39. The Labute approximate surface area is 230 Å². The van der Waals surface area contributed by atoms with Gasteiger partial charge in [-0.1, -0.05) is 44.0 Å². The van der Waals surface area contributed by atoms with Crippen LogP contribution in [0.5, 0.6) is 17.2 Å². The van der Waals surface area contributed by atoms with E-state index in [0.717, 1.165) is 35.3 Å². The zero-order valence-corrected chi connectivity index (χ0v) is 22.7. The summed E-state index contributed by atoms with van der Waals surface area (Å²) in [5.74, 6) is 3.24. The van der Waals surface area contributed by atoms with Crippen LogP contribution in [0.4, 0.5) is 5.69 Å². The first-order chi connectivity index (χ1) is 18.9. The number of carboxylic acid groups (broad SMARTS) is 1. The lowest BCUT2D eigenvalue weighted by atomic mass is 9.65. The van der Waals surface area contributed by atoms with Gasteiger partial charge in [-0.3, -0.25) is 4.79 Å². The quantitative estimate of drug-likeness (QED) is 0.314. The fraction of sp³-hybridized carbons (Fsp3) is 0.394. The average Bonchev–Trinajstić information content (AvgIpc) is 2.91. The SMILES string of the molecule is Cc1cccc(NC(=O)Cc2ccc(Oc3ccc(OC4CCCC5C(C)CCCC45)cc3)cc2)c1C(=O)O. The Balaban J connectivity index is 1.15. The van der Waals surface area contributed by atoms with Gasteiger partial charge in [-0.05, 0) is 104 Å². The van der Waals surface area contributed by atoms with Crippen molar-refractivity contribution in [2.24, 2.45) is 17.8 Å². The Morgan fingerprint density at radius 2 is 1.49 bits per heavy atom. The molecule has 0 heterocycles. The van der Waals surface area contributed by atoms with Gasteiger partial charge in [-0.25, -0.2) is 4.79 Å². The molecule has 2 saturated carbocycles. The van der Waals surface area contributed by atoms with E-state index in [1.54, 1.807) is 25.1 Å². The molecule has 0 bridgehead atoms. The van der Waals surface area contributed by atoms with Crippen molar-refractivity contribution in [1.29, 1.82) is 0 Å². The Bertz CT molecular complexity index is 1300. The number of carboxylic acids is 1. The molecule has 0 aliphatic heterocycles. The second-order valence-corrected chi connectivity index (χ2v) is 11.1. The maximum atomic E-state index is 12.6. The number of hydrogen-bond acceptors (Lipinski definition) is 4. The van der Waals surface area contributed by atoms with Gasteiger partial charge in [0.15, 0.2) is 0 Å². The summed E-state index contributed by atoms with van der Waals surface area (Å²) in [6.07, 6.45) is 8.14. The van der Waals surface area contributed by atoms with E-state index in [0.29, 0.717) is 29.0 Å². The Hall–Kier alpha value is -3.80. The summed E-state index contributed by atoms with van der Waals surface area (Å²) >= 11 is 0. The van der Waals surface area contributed by atoms with Crippen LogP contribution in [0.15, 0.2) is 66.7 Å². The third-order valence-electron chi connectivity index (χ3n) is 8.38. The predicted molar refractivity (Wildman–Crippen MR) is 152 cm³/mol. The Kier molecular flexibility index (Phi) is 8.20. The lowest BCUT2D eigenvalue weighted by Crippen LogP contribution is -2.41. The van der Waals surface area contributed by atoms with E-state index in [1.165, 1.54) is 32.1 Å². The number of hydrogen-bond donors (Lipinski definition) is 2. The maximum Gasteiger partial charge on any atom is 0.338 e. The molecule has 6 nitrogen and oxygen atoms in total. The van der Waals surface area contributed by atoms with E-state index in [-0.39, 0.29) is 17.9 Å². The Morgan fingerprint density at radius 3 is 2.21 bits per heavy atom. The number of anilines is 1. The highest BCUT2D eigenvalue weighted by atomic mass is 16.5. The molecule has 2 aliphatic rings. The van der Waals surface area contributed by atoms with Gasteiger partial charge in [0.2, 0.25) is 5.91 Å². The van der Waals surface area contributed by atoms with Crippen molar-refractivity contribution >= 4 is 17.6 Å². The molecule has 1 amide bonds. The van der Waals surface area contributed by atoms with Gasteiger partial charge in [0.1, 0.15) is 23.4 Å². The number of aryl methyl sites for hydroxylation is 1.